The van der Waals surface area contributed by atoms with E-state index in [2.05, 4.69) is 36.6 Å². The first-order chi connectivity index (χ1) is 6.94. The highest BCUT2D eigenvalue weighted by Crippen LogP contribution is 2.32. The Morgan fingerprint density at radius 2 is 1.87 bits per heavy atom. The van der Waals surface area contributed by atoms with Crippen molar-refractivity contribution in [1.29, 1.82) is 0 Å². The molecule has 0 spiro atoms. The minimum Gasteiger partial charge on any atom is -0.283 e. The number of hydrogen-bond acceptors (Lipinski definition) is 1. The molecule has 1 atom stereocenters. The molecule has 1 aromatic rings. The average Bonchev–Trinajstić information content (AvgIpc) is 2.14. The summed E-state index contributed by atoms with van der Waals surface area (Å²) in [5.41, 5.74) is 0.465. The maximum atomic E-state index is 12.1. The van der Waals surface area contributed by atoms with Gasteiger partial charge < -0.3 is 0 Å². The van der Waals surface area contributed by atoms with E-state index < -0.39 is 12.5 Å². The molecule has 0 aliphatic rings. The van der Waals surface area contributed by atoms with Gasteiger partial charge >= 0.3 is 6.36 Å². The van der Waals surface area contributed by atoms with Crippen molar-refractivity contribution in [2.75, 3.05) is 5.33 Å². The first kappa shape index (κ1) is 13.0. The molecule has 0 saturated heterocycles. The van der Waals surface area contributed by atoms with E-state index in [0.717, 1.165) is 0 Å². The second-order valence-corrected chi connectivity index (χ2v) is 4.23. The van der Waals surface area contributed by atoms with E-state index >= 15 is 0 Å². The van der Waals surface area contributed by atoms with Gasteiger partial charge in [-0.25, -0.2) is 0 Å². The van der Waals surface area contributed by atoms with Crippen molar-refractivity contribution in [2.45, 2.75) is 12.5 Å². The van der Waals surface area contributed by atoms with Crippen LogP contribution in [-0.4, -0.2) is 11.7 Å². The molecular weight excluding hydrogens is 341 g/mol. The third-order valence-corrected chi connectivity index (χ3v) is 2.98. The van der Waals surface area contributed by atoms with Gasteiger partial charge in [-0.1, -0.05) is 50.1 Å². The maximum Gasteiger partial charge on any atom is 0.523 e. The fourth-order valence-corrected chi connectivity index (χ4v) is 2.10. The molecular formula is C9H7Br2F3O. The molecule has 0 aliphatic heterocycles. The molecule has 0 radical (unpaired) electrons. The molecule has 0 bridgehead atoms. The summed E-state index contributed by atoms with van der Waals surface area (Å²) in [7, 11) is 0. The van der Waals surface area contributed by atoms with Crippen LogP contribution in [0, 0.1) is 0 Å². The summed E-state index contributed by atoms with van der Waals surface area (Å²) in [4.78, 5) is 0. The third-order valence-electron chi connectivity index (χ3n) is 1.67. The van der Waals surface area contributed by atoms with Crippen LogP contribution in [0.2, 0.25) is 0 Å². The van der Waals surface area contributed by atoms with Gasteiger partial charge in [-0.15, -0.1) is 13.2 Å². The monoisotopic (exact) mass is 346 g/mol. The zero-order chi connectivity index (χ0) is 11.5. The number of ether oxygens (including phenoxy) is 1. The van der Waals surface area contributed by atoms with Crippen molar-refractivity contribution < 1.29 is 17.9 Å². The van der Waals surface area contributed by atoms with Crippen molar-refractivity contribution >= 4 is 31.9 Å². The van der Waals surface area contributed by atoms with Gasteiger partial charge in [-0.3, -0.25) is 4.74 Å². The highest BCUT2D eigenvalue weighted by Gasteiger charge is 2.34. The molecule has 1 aromatic carbocycles. The summed E-state index contributed by atoms with van der Waals surface area (Å²) in [6.07, 6.45) is -5.67. The average molecular weight is 348 g/mol. The summed E-state index contributed by atoms with van der Waals surface area (Å²) in [6, 6.07) is 6.65. The summed E-state index contributed by atoms with van der Waals surface area (Å²) in [5.74, 6) is 0. The van der Waals surface area contributed by atoms with Crippen LogP contribution in [0.1, 0.15) is 11.7 Å². The quantitative estimate of drug-likeness (QED) is 0.735. The molecule has 1 unspecified atom stereocenters. The normalized spacial score (nSPS) is 13.9. The highest BCUT2D eigenvalue weighted by molar-refractivity contribution is 9.10. The van der Waals surface area contributed by atoms with E-state index in [4.69, 9.17) is 0 Å². The van der Waals surface area contributed by atoms with Gasteiger partial charge in [0.2, 0.25) is 0 Å². The lowest BCUT2D eigenvalue weighted by molar-refractivity contribution is -0.341. The van der Waals surface area contributed by atoms with Crippen LogP contribution in [-0.2, 0) is 4.74 Å². The second kappa shape index (κ2) is 5.32. The lowest BCUT2D eigenvalue weighted by Crippen LogP contribution is -2.19. The molecule has 0 fully saturated rings. The minimum atomic E-state index is -4.63. The molecule has 0 aromatic heterocycles. The maximum absolute atomic E-state index is 12.1. The first-order valence-electron chi connectivity index (χ1n) is 3.99. The zero-order valence-corrected chi connectivity index (χ0v) is 10.6. The highest BCUT2D eigenvalue weighted by atomic mass is 79.9. The van der Waals surface area contributed by atoms with Crippen molar-refractivity contribution in [1.82, 2.24) is 0 Å². The molecule has 0 N–H and O–H groups in total. The summed E-state index contributed by atoms with van der Waals surface area (Å²) in [6.45, 7) is 0. The Bertz CT molecular complexity index is 327. The molecule has 0 amide bonds. The van der Waals surface area contributed by atoms with E-state index in [-0.39, 0.29) is 5.33 Å². The van der Waals surface area contributed by atoms with Gasteiger partial charge in [-0.05, 0) is 11.6 Å². The standard InChI is InChI=1S/C9H7Br2F3O/c10-5-8(15-9(12,13)14)6-3-1-2-4-7(6)11/h1-4,8H,5H2. The lowest BCUT2D eigenvalue weighted by Gasteiger charge is -2.18. The van der Waals surface area contributed by atoms with Crippen LogP contribution in [0.25, 0.3) is 0 Å². The molecule has 6 heteroatoms. The molecule has 15 heavy (non-hydrogen) atoms. The summed E-state index contributed by atoms with van der Waals surface area (Å²) in [5, 5.41) is 0.0785. The van der Waals surface area contributed by atoms with Gasteiger partial charge in [0.25, 0.3) is 0 Å². The number of halogens is 5. The smallest absolute Gasteiger partial charge is 0.283 e. The second-order valence-electron chi connectivity index (χ2n) is 2.73. The largest absolute Gasteiger partial charge is 0.523 e. The van der Waals surface area contributed by atoms with Gasteiger partial charge in [0.15, 0.2) is 0 Å². The van der Waals surface area contributed by atoms with Crippen LogP contribution in [0.4, 0.5) is 13.2 Å². The zero-order valence-electron chi connectivity index (χ0n) is 7.39. The number of hydrogen-bond donors (Lipinski definition) is 0. The molecule has 0 aliphatic carbocycles. The number of benzene rings is 1. The Balaban J connectivity index is 2.88. The number of rotatable bonds is 3. The summed E-state index contributed by atoms with van der Waals surface area (Å²) >= 11 is 6.17. The van der Waals surface area contributed by atoms with Gasteiger partial charge in [0, 0.05) is 9.80 Å². The molecule has 84 valence electrons. The van der Waals surface area contributed by atoms with E-state index in [1.807, 2.05) is 0 Å². The molecule has 1 rings (SSSR count). The van der Waals surface area contributed by atoms with E-state index in [1.54, 1.807) is 24.3 Å². The van der Waals surface area contributed by atoms with Crippen molar-refractivity contribution in [2.24, 2.45) is 0 Å². The first-order valence-corrected chi connectivity index (χ1v) is 5.90. The molecule has 0 saturated carbocycles. The Morgan fingerprint density at radius 1 is 1.27 bits per heavy atom. The van der Waals surface area contributed by atoms with Gasteiger partial charge in [-0.2, -0.15) is 0 Å². The molecule has 0 heterocycles. The van der Waals surface area contributed by atoms with Gasteiger partial charge in [0.1, 0.15) is 6.10 Å². The number of alkyl halides is 4. The van der Waals surface area contributed by atoms with Crippen molar-refractivity contribution in [3.63, 3.8) is 0 Å². The fraction of sp³-hybridized carbons (Fsp3) is 0.333. The van der Waals surface area contributed by atoms with E-state index in [1.165, 1.54) is 0 Å². The minimum absolute atomic E-state index is 0.0785. The Labute approximate surface area is 102 Å². The third kappa shape index (κ3) is 4.12. The van der Waals surface area contributed by atoms with E-state index in [9.17, 15) is 13.2 Å². The summed E-state index contributed by atoms with van der Waals surface area (Å²) < 4.78 is 40.7. The molecule has 1 nitrogen and oxygen atoms in total. The van der Waals surface area contributed by atoms with Crippen molar-refractivity contribution in [3.8, 4) is 0 Å². The SMILES string of the molecule is FC(F)(F)OC(CBr)c1ccccc1Br. The Kier molecular flexibility index (Phi) is 4.61. The predicted molar refractivity (Wildman–Crippen MR) is 57.8 cm³/mol. The predicted octanol–water partition coefficient (Wildman–Crippen LogP) is 4.42. The topological polar surface area (TPSA) is 9.23 Å². The Hall–Kier alpha value is -0.0700. The van der Waals surface area contributed by atoms with E-state index in [0.29, 0.717) is 10.0 Å². The Morgan fingerprint density at radius 3 is 2.33 bits per heavy atom. The van der Waals surface area contributed by atoms with Crippen LogP contribution in [0.5, 0.6) is 0 Å². The lowest BCUT2D eigenvalue weighted by atomic mass is 10.1. The van der Waals surface area contributed by atoms with Crippen LogP contribution in [0.15, 0.2) is 28.7 Å². The fourth-order valence-electron chi connectivity index (χ4n) is 1.08. The van der Waals surface area contributed by atoms with Crippen LogP contribution in [0.3, 0.4) is 0 Å². The van der Waals surface area contributed by atoms with Crippen molar-refractivity contribution in [3.05, 3.63) is 34.3 Å². The van der Waals surface area contributed by atoms with Crippen LogP contribution >= 0.6 is 31.9 Å². The van der Waals surface area contributed by atoms with Crippen LogP contribution < -0.4 is 0 Å². The van der Waals surface area contributed by atoms with Gasteiger partial charge in [0.05, 0.1) is 0 Å².